The smallest absolute Gasteiger partial charge is 0.174 e. The Hall–Kier alpha value is -1.43. The Morgan fingerprint density at radius 1 is 1.58 bits per heavy atom. The van der Waals surface area contributed by atoms with Gasteiger partial charge in [0.25, 0.3) is 0 Å². The molecular formula is C13H20N4OS. The van der Waals surface area contributed by atoms with Crippen molar-refractivity contribution in [3.63, 3.8) is 0 Å². The van der Waals surface area contributed by atoms with Gasteiger partial charge >= 0.3 is 0 Å². The van der Waals surface area contributed by atoms with E-state index in [1.54, 1.807) is 0 Å². The van der Waals surface area contributed by atoms with Gasteiger partial charge < -0.3 is 15.8 Å². The molecule has 1 unspecified atom stereocenters. The van der Waals surface area contributed by atoms with Gasteiger partial charge in [-0.3, -0.25) is 0 Å². The van der Waals surface area contributed by atoms with Crippen LogP contribution < -0.4 is 10.6 Å². The Labute approximate surface area is 117 Å². The van der Waals surface area contributed by atoms with Crippen molar-refractivity contribution in [2.24, 2.45) is 10.9 Å². The lowest BCUT2D eigenvalue weighted by molar-refractivity contribution is 0.318. The zero-order valence-electron chi connectivity index (χ0n) is 11.6. The number of pyridine rings is 1. The van der Waals surface area contributed by atoms with Crippen LogP contribution in [0.15, 0.2) is 11.2 Å². The average molecular weight is 280 g/mol. The molecule has 0 aromatic carbocycles. The summed E-state index contributed by atoms with van der Waals surface area (Å²) in [6, 6.07) is 2.36. The standard InChI is InChI=1S/C13H20N4OS/c1-8-6-9(2)15-13(11(8)12(14)16-18)17-4-5-19-7-10(17)3/h6,10,18H,4-5,7H2,1-3H3,(H2,14,16). The maximum atomic E-state index is 8.98. The van der Waals surface area contributed by atoms with Gasteiger partial charge in [-0.05, 0) is 32.4 Å². The molecular weight excluding hydrogens is 260 g/mol. The Bertz CT molecular complexity index is 504. The van der Waals surface area contributed by atoms with E-state index in [1.807, 2.05) is 31.7 Å². The number of oxime groups is 1. The highest BCUT2D eigenvalue weighted by Gasteiger charge is 2.25. The summed E-state index contributed by atoms with van der Waals surface area (Å²) >= 11 is 1.95. The highest BCUT2D eigenvalue weighted by molar-refractivity contribution is 7.99. The summed E-state index contributed by atoms with van der Waals surface area (Å²) in [5.41, 5.74) is 8.51. The minimum absolute atomic E-state index is 0.130. The Morgan fingerprint density at radius 3 is 2.95 bits per heavy atom. The van der Waals surface area contributed by atoms with E-state index >= 15 is 0 Å². The zero-order valence-corrected chi connectivity index (χ0v) is 12.4. The molecule has 5 nitrogen and oxygen atoms in total. The van der Waals surface area contributed by atoms with E-state index in [4.69, 9.17) is 10.9 Å². The average Bonchev–Trinajstić information content (AvgIpc) is 2.37. The maximum absolute atomic E-state index is 8.98. The molecule has 1 aromatic heterocycles. The molecule has 6 heteroatoms. The van der Waals surface area contributed by atoms with Gasteiger partial charge in [-0.2, -0.15) is 11.8 Å². The highest BCUT2D eigenvalue weighted by atomic mass is 32.2. The van der Waals surface area contributed by atoms with Crippen LogP contribution in [0, 0.1) is 13.8 Å². The quantitative estimate of drug-likeness (QED) is 0.373. The predicted molar refractivity (Wildman–Crippen MR) is 80.4 cm³/mol. The molecule has 19 heavy (non-hydrogen) atoms. The molecule has 0 spiro atoms. The van der Waals surface area contributed by atoms with Crippen LogP contribution in [0.2, 0.25) is 0 Å². The largest absolute Gasteiger partial charge is 0.409 e. The zero-order chi connectivity index (χ0) is 14.0. The number of aryl methyl sites for hydroxylation is 2. The monoisotopic (exact) mass is 280 g/mol. The molecule has 3 N–H and O–H groups in total. The Morgan fingerprint density at radius 2 is 2.32 bits per heavy atom. The fourth-order valence-electron chi connectivity index (χ4n) is 2.43. The van der Waals surface area contributed by atoms with Crippen LogP contribution in [0.25, 0.3) is 0 Å². The molecule has 0 bridgehead atoms. The third kappa shape index (κ3) is 2.78. The van der Waals surface area contributed by atoms with Gasteiger partial charge in [-0.25, -0.2) is 4.98 Å². The first-order valence-electron chi connectivity index (χ1n) is 6.35. The maximum Gasteiger partial charge on any atom is 0.174 e. The molecule has 0 amide bonds. The topological polar surface area (TPSA) is 74.7 Å². The van der Waals surface area contributed by atoms with Crippen molar-refractivity contribution in [3.8, 4) is 0 Å². The van der Waals surface area contributed by atoms with Crippen LogP contribution in [0.1, 0.15) is 23.7 Å². The first-order valence-corrected chi connectivity index (χ1v) is 7.50. The van der Waals surface area contributed by atoms with Crippen LogP contribution >= 0.6 is 11.8 Å². The highest BCUT2D eigenvalue weighted by Crippen LogP contribution is 2.28. The van der Waals surface area contributed by atoms with Gasteiger partial charge in [-0.1, -0.05) is 5.16 Å². The van der Waals surface area contributed by atoms with E-state index in [1.165, 1.54) is 0 Å². The third-order valence-electron chi connectivity index (χ3n) is 3.33. The summed E-state index contributed by atoms with van der Waals surface area (Å²) in [6.45, 7) is 7.06. The minimum atomic E-state index is 0.130. The van der Waals surface area contributed by atoms with Crippen molar-refractivity contribution in [1.82, 2.24) is 4.98 Å². The molecule has 0 saturated carbocycles. The summed E-state index contributed by atoms with van der Waals surface area (Å²) in [7, 11) is 0. The van der Waals surface area contributed by atoms with Crippen LogP contribution in [0.5, 0.6) is 0 Å². The first-order chi connectivity index (χ1) is 9.04. The number of amidine groups is 1. The van der Waals surface area contributed by atoms with Gasteiger partial charge in [-0.15, -0.1) is 0 Å². The molecule has 2 rings (SSSR count). The molecule has 1 saturated heterocycles. The van der Waals surface area contributed by atoms with Crippen molar-refractivity contribution < 1.29 is 5.21 Å². The number of rotatable bonds is 2. The number of nitrogens with two attached hydrogens (primary N) is 1. The Balaban J connectivity index is 2.54. The van der Waals surface area contributed by atoms with Crippen LogP contribution in [-0.2, 0) is 0 Å². The molecule has 0 aliphatic carbocycles. The second kappa shape index (κ2) is 5.69. The SMILES string of the molecule is Cc1cc(C)c(C(N)=NO)c(N2CCSCC2C)n1. The van der Waals surface area contributed by atoms with E-state index in [9.17, 15) is 0 Å². The van der Waals surface area contributed by atoms with Gasteiger partial charge in [0, 0.05) is 29.8 Å². The number of hydrogen-bond acceptors (Lipinski definition) is 5. The van der Waals surface area contributed by atoms with Crippen LogP contribution in [-0.4, -0.2) is 40.1 Å². The fraction of sp³-hybridized carbons (Fsp3) is 0.538. The van der Waals surface area contributed by atoms with Crippen molar-refractivity contribution >= 4 is 23.4 Å². The van der Waals surface area contributed by atoms with Crippen molar-refractivity contribution in [1.29, 1.82) is 0 Å². The molecule has 1 aliphatic rings. The second-order valence-electron chi connectivity index (χ2n) is 4.88. The van der Waals surface area contributed by atoms with Gasteiger partial charge in [0.05, 0.1) is 5.56 Å². The lowest BCUT2D eigenvalue weighted by atomic mass is 10.1. The molecule has 1 fully saturated rings. The molecule has 1 aliphatic heterocycles. The summed E-state index contributed by atoms with van der Waals surface area (Å²) in [6.07, 6.45) is 0. The van der Waals surface area contributed by atoms with Gasteiger partial charge in [0.15, 0.2) is 5.84 Å². The molecule has 2 heterocycles. The van der Waals surface area contributed by atoms with Gasteiger partial charge in [0.1, 0.15) is 5.82 Å². The molecule has 1 atom stereocenters. The van der Waals surface area contributed by atoms with Crippen LogP contribution in [0.4, 0.5) is 5.82 Å². The third-order valence-corrected chi connectivity index (χ3v) is 4.52. The predicted octanol–water partition coefficient (Wildman–Crippen LogP) is 1.73. The minimum Gasteiger partial charge on any atom is -0.409 e. The molecule has 104 valence electrons. The Kier molecular flexibility index (Phi) is 4.19. The number of anilines is 1. The number of hydrogen-bond donors (Lipinski definition) is 2. The van der Waals surface area contributed by atoms with Crippen molar-refractivity contribution in [2.45, 2.75) is 26.8 Å². The summed E-state index contributed by atoms with van der Waals surface area (Å²) < 4.78 is 0. The summed E-state index contributed by atoms with van der Waals surface area (Å²) in [5.74, 6) is 3.12. The fourth-order valence-corrected chi connectivity index (χ4v) is 3.45. The molecule has 1 aromatic rings. The number of aromatic nitrogens is 1. The lowest BCUT2D eigenvalue weighted by Gasteiger charge is -2.35. The molecule has 0 radical (unpaired) electrons. The first kappa shape index (κ1) is 14.0. The van der Waals surface area contributed by atoms with E-state index in [0.717, 1.165) is 40.7 Å². The lowest BCUT2D eigenvalue weighted by Crippen LogP contribution is -2.42. The van der Waals surface area contributed by atoms with E-state index in [0.29, 0.717) is 6.04 Å². The van der Waals surface area contributed by atoms with E-state index in [-0.39, 0.29) is 5.84 Å². The normalized spacial score (nSPS) is 20.7. The number of nitrogens with zero attached hydrogens (tertiary/aromatic N) is 3. The van der Waals surface area contributed by atoms with E-state index < -0.39 is 0 Å². The van der Waals surface area contributed by atoms with Crippen molar-refractivity contribution in [3.05, 3.63) is 22.9 Å². The van der Waals surface area contributed by atoms with Crippen LogP contribution in [0.3, 0.4) is 0 Å². The summed E-state index contributed by atoms with van der Waals surface area (Å²) in [5, 5.41) is 12.1. The van der Waals surface area contributed by atoms with E-state index in [2.05, 4.69) is 22.0 Å². The van der Waals surface area contributed by atoms with Crippen molar-refractivity contribution in [2.75, 3.05) is 23.0 Å². The number of thioether (sulfide) groups is 1. The second-order valence-corrected chi connectivity index (χ2v) is 6.03. The van der Waals surface area contributed by atoms with Gasteiger partial charge in [0.2, 0.25) is 0 Å². The summed E-state index contributed by atoms with van der Waals surface area (Å²) in [4.78, 5) is 6.88.